The topological polar surface area (TPSA) is 49.6 Å². The number of carbonyl (C=O) groups excluding carboxylic acids is 1. The smallest absolute Gasteiger partial charge is 0.255 e. The van der Waals surface area contributed by atoms with E-state index in [0.717, 1.165) is 35.1 Å². The molecule has 5 heteroatoms. The molecule has 0 aliphatic carbocycles. The van der Waals surface area contributed by atoms with Crippen molar-refractivity contribution >= 4 is 17.2 Å². The fraction of sp³-hybridized carbons (Fsp3) is 0.259. The van der Waals surface area contributed by atoms with Gasteiger partial charge in [0.1, 0.15) is 5.65 Å². The second kappa shape index (κ2) is 8.97. The number of pyridine rings is 1. The highest BCUT2D eigenvalue weighted by atomic mass is 16.1. The lowest BCUT2D eigenvalue weighted by Gasteiger charge is -2.30. The highest BCUT2D eigenvalue weighted by Crippen LogP contribution is 2.21. The number of fused-ring (bicyclic) bond motifs is 1. The summed E-state index contributed by atoms with van der Waals surface area (Å²) in [5.74, 6) is 0.712. The second-order valence-electron chi connectivity index (χ2n) is 8.78. The quantitative estimate of drug-likeness (QED) is 0.461. The minimum atomic E-state index is -0.130. The molecule has 1 saturated heterocycles. The Hall–Kier alpha value is -3.44. The minimum Gasteiger partial charge on any atom is -0.322 e. The molecule has 1 N–H and O–H groups in total. The molecule has 0 atom stereocenters. The summed E-state index contributed by atoms with van der Waals surface area (Å²) in [7, 11) is 0. The Labute approximate surface area is 188 Å². The van der Waals surface area contributed by atoms with E-state index in [9.17, 15) is 4.79 Å². The number of hydrogen-bond donors (Lipinski definition) is 1. The molecular formula is C27H28N4O. The summed E-state index contributed by atoms with van der Waals surface area (Å²) in [5.41, 5.74) is 5.38. The van der Waals surface area contributed by atoms with Crippen molar-refractivity contribution in [3.05, 3.63) is 90.3 Å². The van der Waals surface area contributed by atoms with Crippen LogP contribution in [0.3, 0.4) is 0 Å². The van der Waals surface area contributed by atoms with Gasteiger partial charge in [-0.2, -0.15) is 0 Å². The molecule has 3 heterocycles. The number of hydrogen-bond acceptors (Lipinski definition) is 3. The van der Waals surface area contributed by atoms with Gasteiger partial charge >= 0.3 is 0 Å². The Morgan fingerprint density at radius 1 is 1.03 bits per heavy atom. The molecule has 5 nitrogen and oxygen atoms in total. The van der Waals surface area contributed by atoms with Crippen LogP contribution in [0.2, 0.25) is 0 Å². The van der Waals surface area contributed by atoms with E-state index in [1.807, 2.05) is 71.4 Å². The summed E-state index contributed by atoms with van der Waals surface area (Å²) in [5, 5.41) is 3.01. The van der Waals surface area contributed by atoms with E-state index in [-0.39, 0.29) is 5.91 Å². The van der Waals surface area contributed by atoms with Crippen molar-refractivity contribution in [2.24, 2.45) is 5.92 Å². The molecule has 1 amide bonds. The van der Waals surface area contributed by atoms with Gasteiger partial charge in [0.05, 0.1) is 5.69 Å². The van der Waals surface area contributed by atoms with Crippen LogP contribution < -0.4 is 5.32 Å². The van der Waals surface area contributed by atoms with Crippen LogP contribution in [0.15, 0.2) is 79.1 Å². The van der Waals surface area contributed by atoms with Crippen molar-refractivity contribution in [2.45, 2.75) is 26.3 Å². The van der Waals surface area contributed by atoms with Crippen molar-refractivity contribution in [3.8, 4) is 11.3 Å². The van der Waals surface area contributed by atoms with Crippen LogP contribution in [0.4, 0.5) is 5.69 Å². The van der Waals surface area contributed by atoms with E-state index in [1.165, 1.54) is 31.5 Å². The van der Waals surface area contributed by atoms with Gasteiger partial charge in [0.15, 0.2) is 0 Å². The summed E-state index contributed by atoms with van der Waals surface area (Å²) in [4.78, 5) is 20.0. The molecule has 2 aromatic heterocycles. The van der Waals surface area contributed by atoms with E-state index in [0.29, 0.717) is 5.56 Å². The normalized spacial score (nSPS) is 15.2. The van der Waals surface area contributed by atoms with Gasteiger partial charge in [-0.05, 0) is 61.7 Å². The number of benzene rings is 2. The zero-order valence-corrected chi connectivity index (χ0v) is 18.4. The molecule has 0 bridgehead atoms. The molecule has 1 aliphatic heterocycles. The minimum absolute atomic E-state index is 0.130. The van der Waals surface area contributed by atoms with Crippen LogP contribution in [-0.4, -0.2) is 33.3 Å². The van der Waals surface area contributed by atoms with Gasteiger partial charge in [-0.1, -0.05) is 49.4 Å². The van der Waals surface area contributed by atoms with Crippen molar-refractivity contribution in [2.75, 3.05) is 18.4 Å². The molecule has 0 saturated carbocycles. The first kappa shape index (κ1) is 20.5. The Morgan fingerprint density at radius 3 is 2.53 bits per heavy atom. The fourth-order valence-electron chi connectivity index (χ4n) is 4.25. The van der Waals surface area contributed by atoms with Gasteiger partial charge in [0.25, 0.3) is 5.91 Å². The van der Waals surface area contributed by atoms with Gasteiger partial charge < -0.3 is 9.72 Å². The summed E-state index contributed by atoms with van der Waals surface area (Å²) in [6, 6.07) is 21.9. The molecular weight excluding hydrogens is 396 g/mol. The third kappa shape index (κ3) is 4.58. The lowest BCUT2D eigenvalue weighted by molar-refractivity contribution is 0.102. The predicted molar refractivity (Wildman–Crippen MR) is 129 cm³/mol. The third-order valence-electron chi connectivity index (χ3n) is 6.29. The molecule has 32 heavy (non-hydrogen) atoms. The number of piperidine rings is 1. The lowest BCUT2D eigenvalue weighted by Crippen LogP contribution is -2.32. The van der Waals surface area contributed by atoms with Crippen LogP contribution in [0, 0.1) is 5.92 Å². The third-order valence-corrected chi connectivity index (χ3v) is 6.29. The van der Waals surface area contributed by atoms with Crippen LogP contribution in [0.1, 0.15) is 35.7 Å². The summed E-state index contributed by atoms with van der Waals surface area (Å²) >= 11 is 0. The highest BCUT2D eigenvalue weighted by molar-refractivity contribution is 6.04. The maximum atomic E-state index is 12.8. The Kier molecular flexibility index (Phi) is 5.73. The number of imidazole rings is 1. The van der Waals surface area contributed by atoms with Gasteiger partial charge in [-0.15, -0.1) is 0 Å². The summed E-state index contributed by atoms with van der Waals surface area (Å²) < 4.78 is 1.94. The second-order valence-corrected chi connectivity index (χ2v) is 8.78. The monoisotopic (exact) mass is 424 g/mol. The molecule has 0 spiro atoms. The predicted octanol–water partition coefficient (Wildman–Crippen LogP) is 5.49. The number of likely N-dealkylation sites (tertiary alicyclic amines) is 1. The maximum absolute atomic E-state index is 12.8. The van der Waals surface area contributed by atoms with Crippen LogP contribution in [0.25, 0.3) is 16.9 Å². The number of amides is 1. The molecule has 5 rings (SSSR count). The Bertz CT molecular complexity index is 1210. The van der Waals surface area contributed by atoms with Gasteiger partial charge in [0.2, 0.25) is 0 Å². The van der Waals surface area contributed by atoms with Crippen molar-refractivity contribution in [1.29, 1.82) is 0 Å². The largest absolute Gasteiger partial charge is 0.322 e. The van der Waals surface area contributed by atoms with Crippen molar-refractivity contribution in [1.82, 2.24) is 14.3 Å². The first-order valence-corrected chi connectivity index (χ1v) is 11.3. The zero-order chi connectivity index (χ0) is 21.9. The van der Waals surface area contributed by atoms with E-state index in [4.69, 9.17) is 0 Å². The van der Waals surface area contributed by atoms with Crippen molar-refractivity contribution < 1.29 is 4.79 Å². The van der Waals surface area contributed by atoms with Gasteiger partial charge in [0, 0.05) is 35.8 Å². The molecule has 162 valence electrons. The molecule has 0 unspecified atom stereocenters. The average Bonchev–Trinajstić information content (AvgIpc) is 3.26. The molecule has 4 aromatic rings. The number of anilines is 1. The zero-order valence-electron chi connectivity index (χ0n) is 18.4. The van der Waals surface area contributed by atoms with E-state index in [2.05, 4.69) is 34.3 Å². The summed E-state index contributed by atoms with van der Waals surface area (Å²) in [6.45, 7) is 5.65. The summed E-state index contributed by atoms with van der Waals surface area (Å²) in [6.07, 6.45) is 6.42. The first-order chi connectivity index (χ1) is 15.6. The van der Waals surface area contributed by atoms with E-state index in [1.54, 1.807) is 0 Å². The number of rotatable bonds is 5. The number of nitrogens with one attached hydrogen (secondary N) is 1. The fourth-order valence-corrected chi connectivity index (χ4v) is 4.25. The van der Waals surface area contributed by atoms with Gasteiger partial charge in [-0.25, -0.2) is 4.98 Å². The van der Waals surface area contributed by atoms with Crippen molar-refractivity contribution in [3.63, 3.8) is 0 Å². The van der Waals surface area contributed by atoms with E-state index < -0.39 is 0 Å². The first-order valence-electron chi connectivity index (χ1n) is 11.3. The van der Waals surface area contributed by atoms with E-state index >= 15 is 0 Å². The maximum Gasteiger partial charge on any atom is 0.255 e. The molecule has 0 radical (unpaired) electrons. The number of aromatic nitrogens is 2. The standard InChI is InChI=1S/C27H28N4O/c1-20-11-14-30(15-12-20)18-21-7-9-24(10-8-21)28-27(32)23-13-16-31-19-25(29-26(31)17-23)22-5-3-2-4-6-22/h2-10,13,16-17,19-20H,11-12,14-15,18H2,1H3,(H,28,32). The molecule has 2 aromatic carbocycles. The lowest BCUT2D eigenvalue weighted by atomic mass is 9.99. The Morgan fingerprint density at radius 2 is 1.78 bits per heavy atom. The SMILES string of the molecule is CC1CCN(Cc2ccc(NC(=O)c3ccn4cc(-c5ccccc5)nc4c3)cc2)CC1. The average molecular weight is 425 g/mol. The number of nitrogens with zero attached hydrogens (tertiary/aromatic N) is 3. The Balaban J connectivity index is 1.25. The van der Waals surface area contributed by atoms with Gasteiger partial charge in [-0.3, -0.25) is 9.69 Å². The number of carbonyl (C=O) groups is 1. The molecule has 1 fully saturated rings. The van der Waals surface area contributed by atoms with Crippen LogP contribution in [-0.2, 0) is 6.54 Å². The highest BCUT2D eigenvalue weighted by Gasteiger charge is 2.16. The van der Waals surface area contributed by atoms with Crippen LogP contribution >= 0.6 is 0 Å². The molecule has 1 aliphatic rings. The van der Waals surface area contributed by atoms with Crippen LogP contribution in [0.5, 0.6) is 0 Å².